The Hall–Kier alpha value is -2.34. The molecule has 1 unspecified atom stereocenters. The van der Waals surface area contributed by atoms with Crippen LogP contribution in [0.1, 0.15) is 32.9 Å². The molecule has 1 fully saturated rings. The molecule has 0 saturated carbocycles. The molecular weight excluding hydrogens is 338 g/mol. The summed E-state index contributed by atoms with van der Waals surface area (Å²) in [6.07, 6.45) is 2.90. The van der Waals surface area contributed by atoms with Crippen molar-refractivity contribution in [2.45, 2.75) is 39.8 Å². The van der Waals surface area contributed by atoms with E-state index in [1.54, 1.807) is 6.26 Å². The van der Waals surface area contributed by atoms with Gasteiger partial charge in [0.25, 0.3) is 0 Å². The highest BCUT2D eigenvalue weighted by Gasteiger charge is 2.28. The van der Waals surface area contributed by atoms with Crippen molar-refractivity contribution in [3.05, 3.63) is 42.3 Å². The molecule has 0 aliphatic carbocycles. The quantitative estimate of drug-likeness (QED) is 0.600. The minimum Gasteiger partial charge on any atom is -0.444 e. The van der Waals surface area contributed by atoms with E-state index < -0.39 is 0 Å². The van der Waals surface area contributed by atoms with Gasteiger partial charge in [-0.2, -0.15) is 0 Å². The minimum absolute atomic E-state index is 0.519. The molecule has 6 nitrogen and oxygen atoms in total. The summed E-state index contributed by atoms with van der Waals surface area (Å²) in [5, 5.41) is 3.43. The molecule has 1 aliphatic heterocycles. The van der Waals surface area contributed by atoms with Gasteiger partial charge < -0.3 is 14.6 Å². The highest BCUT2D eigenvalue weighted by molar-refractivity contribution is 5.80. The Morgan fingerprint density at radius 2 is 2.04 bits per heavy atom. The number of rotatable bonds is 7. The fourth-order valence-electron chi connectivity index (χ4n) is 3.65. The van der Waals surface area contributed by atoms with Crippen LogP contribution in [0.5, 0.6) is 0 Å². The molecule has 0 amide bonds. The van der Waals surface area contributed by atoms with Gasteiger partial charge in [0, 0.05) is 31.2 Å². The molecule has 1 aromatic heterocycles. The number of benzene rings is 1. The molecule has 0 spiro atoms. The first-order valence-electron chi connectivity index (χ1n) is 10.0. The predicted molar refractivity (Wildman–Crippen MR) is 110 cm³/mol. The van der Waals surface area contributed by atoms with Crippen LogP contribution in [0.2, 0.25) is 0 Å². The SMILES string of the molecule is CCNC(=NCc1coc(-c2ccccc2)n1)N1CCC(N(CC)CC)C1. The Bertz CT molecular complexity index is 723. The van der Waals surface area contributed by atoms with Gasteiger partial charge in [-0.25, -0.2) is 9.98 Å². The van der Waals surface area contributed by atoms with E-state index in [2.05, 4.69) is 40.9 Å². The first-order valence-corrected chi connectivity index (χ1v) is 10.0. The zero-order valence-electron chi connectivity index (χ0n) is 16.7. The van der Waals surface area contributed by atoms with E-state index in [0.717, 1.165) is 49.9 Å². The fraction of sp³-hybridized carbons (Fsp3) is 0.524. The number of hydrogen-bond donors (Lipinski definition) is 1. The fourth-order valence-corrected chi connectivity index (χ4v) is 3.65. The maximum absolute atomic E-state index is 5.63. The summed E-state index contributed by atoms with van der Waals surface area (Å²) in [5.74, 6) is 1.62. The van der Waals surface area contributed by atoms with Gasteiger partial charge in [0.2, 0.25) is 5.89 Å². The van der Waals surface area contributed by atoms with E-state index in [1.165, 1.54) is 6.42 Å². The molecule has 2 heterocycles. The lowest BCUT2D eigenvalue weighted by atomic mass is 10.2. The normalized spacial score (nSPS) is 17.7. The maximum Gasteiger partial charge on any atom is 0.226 e. The summed E-state index contributed by atoms with van der Waals surface area (Å²) in [4.78, 5) is 14.3. The second-order valence-electron chi connectivity index (χ2n) is 6.79. The summed E-state index contributed by atoms with van der Waals surface area (Å²) >= 11 is 0. The average Bonchev–Trinajstić information content (AvgIpc) is 3.37. The molecule has 1 atom stereocenters. The summed E-state index contributed by atoms with van der Waals surface area (Å²) in [5.41, 5.74) is 1.84. The molecule has 27 heavy (non-hydrogen) atoms. The molecule has 2 aromatic rings. The lowest BCUT2D eigenvalue weighted by Crippen LogP contribution is -2.43. The molecule has 146 valence electrons. The smallest absolute Gasteiger partial charge is 0.226 e. The van der Waals surface area contributed by atoms with E-state index in [-0.39, 0.29) is 0 Å². The van der Waals surface area contributed by atoms with Crippen molar-refractivity contribution in [3.63, 3.8) is 0 Å². The van der Waals surface area contributed by atoms with Crippen molar-refractivity contribution in [2.75, 3.05) is 32.7 Å². The number of guanidine groups is 1. The summed E-state index contributed by atoms with van der Waals surface area (Å²) in [6.45, 7) is 12.2. The van der Waals surface area contributed by atoms with Crippen LogP contribution in [-0.4, -0.2) is 59.5 Å². The van der Waals surface area contributed by atoms with Crippen molar-refractivity contribution in [2.24, 2.45) is 4.99 Å². The van der Waals surface area contributed by atoms with Gasteiger partial charge in [-0.05, 0) is 38.6 Å². The number of nitrogens with one attached hydrogen (secondary N) is 1. The third-order valence-electron chi connectivity index (χ3n) is 5.09. The molecule has 1 saturated heterocycles. The van der Waals surface area contributed by atoms with Crippen LogP contribution in [0.25, 0.3) is 11.5 Å². The standard InChI is InChI=1S/C21H31N5O/c1-4-22-21(26-13-12-19(15-26)25(5-2)6-3)23-14-18-16-27-20(24-18)17-10-8-7-9-11-17/h7-11,16,19H,4-6,12-15H2,1-3H3,(H,22,23). The Balaban J connectivity index is 1.65. The van der Waals surface area contributed by atoms with Gasteiger partial charge in [-0.1, -0.05) is 32.0 Å². The zero-order valence-corrected chi connectivity index (χ0v) is 16.7. The van der Waals surface area contributed by atoms with E-state index in [9.17, 15) is 0 Å². The molecular formula is C21H31N5O. The molecule has 0 bridgehead atoms. The van der Waals surface area contributed by atoms with Crippen molar-refractivity contribution in [1.29, 1.82) is 0 Å². The number of nitrogens with zero attached hydrogens (tertiary/aromatic N) is 4. The van der Waals surface area contributed by atoms with Crippen LogP contribution in [0.4, 0.5) is 0 Å². The van der Waals surface area contributed by atoms with Gasteiger partial charge in [0.05, 0.1) is 6.54 Å². The number of aliphatic imine (C=N–C) groups is 1. The van der Waals surface area contributed by atoms with E-state index in [4.69, 9.17) is 9.41 Å². The van der Waals surface area contributed by atoms with Crippen LogP contribution in [-0.2, 0) is 6.54 Å². The van der Waals surface area contributed by atoms with Gasteiger partial charge in [-0.15, -0.1) is 0 Å². The monoisotopic (exact) mass is 369 g/mol. The Morgan fingerprint density at radius 3 is 2.74 bits per heavy atom. The van der Waals surface area contributed by atoms with Crippen LogP contribution in [0.15, 0.2) is 46.0 Å². The van der Waals surface area contributed by atoms with Gasteiger partial charge in [-0.3, -0.25) is 4.90 Å². The van der Waals surface area contributed by atoms with Crippen LogP contribution in [0.3, 0.4) is 0 Å². The van der Waals surface area contributed by atoms with Gasteiger partial charge in [0.15, 0.2) is 5.96 Å². The highest BCUT2D eigenvalue weighted by atomic mass is 16.3. The number of oxazole rings is 1. The highest BCUT2D eigenvalue weighted by Crippen LogP contribution is 2.19. The van der Waals surface area contributed by atoms with E-state index >= 15 is 0 Å². The first-order chi connectivity index (χ1) is 13.2. The van der Waals surface area contributed by atoms with Crippen molar-refractivity contribution < 1.29 is 4.42 Å². The molecule has 0 radical (unpaired) electrons. The number of likely N-dealkylation sites (tertiary alicyclic amines) is 1. The summed E-state index contributed by atoms with van der Waals surface area (Å²) in [6, 6.07) is 10.6. The second-order valence-corrected chi connectivity index (χ2v) is 6.79. The third-order valence-corrected chi connectivity index (χ3v) is 5.09. The lowest BCUT2D eigenvalue weighted by molar-refractivity contribution is 0.223. The molecule has 1 aromatic carbocycles. The number of hydrogen-bond acceptors (Lipinski definition) is 4. The van der Waals surface area contributed by atoms with E-state index in [1.807, 2.05) is 30.3 Å². The Labute approximate surface area is 162 Å². The summed E-state index contributed by atoms with van der Waals surface area (Å²) < 4.78 is 5.63. The predicted octanol–water partition coefficient (Wildman–Crippen LogP) is 3.22. The maximum atomic E-state index is 5.63. The minimum atomic E-state index is 0.519. The van der Waals surface area contributed by atoms with Crippen molar-refractivity contribution in [3.8, 4) is 11.5 Å². The first kappa shape index (κ1) is 19.4. The largest absolute Gasteiger partial charge is 0.444 e. The summed E-state index contributed by atoms with van der Waals surface area (Å²) in [7, 11) is 0. The number of likely N-dealkylation sites (N-methyl/N-ethyl adjacent to an activating group) is 1. The van der Waals surface area contributed by atoms with Crippen LogP contribution >= 0.6 is 0 Å². The van der Waals surface area contributed by atoms with Crippen LogP contribution < -0.4 is 5.32 Å². The molecule has 3 rings (SSSR count). The van der Waals surface area contributed by atoms with Gasteiger partial charge in [0.1, 0.15) is 12.0 Å². The zero-order chi connectivity index (χ0) is 19.1. The molecule has 6 heteroatoms. The van der Waals surface area contributed by atoms with Gasteiger partial charge >= 0.3 is 0 Å². The number of aromatic nitrogens is 1. The Kier molecular flexibility index (Phi) is 6.87. The molecule has 1 N–H and O–H groups in total. The molecule has 1 aliphatic rings. The lowest BCUT2D eigenvalue weighted by Gasteiger charge is -2.27. The van der Waals surface area contributed by atoms with Crippen molar-refractivity contribution >= 4 is 5.96 Å². The van der Waals surface area contributed by atoms with Crippen LogP contribution in [0, 0.1) is 0 Å². The Morgan fingerprint density at radius 1 is 1.26 bits per heavy atom. The van der Waals surface area contributed by atoms with Crippen molar-refractivity contribution in [1.82, 2.24) is 20.1 Å². The second kappa shape index (κ2) is 9.55. The van der Waals surface area contributed by atoms with E-state index in [0.29, 0.717) is 18.5 Å². The topological polar surface area (TPSA) is 56.9 Å². The third kappa shape index (κ3) is 4.89. The average molecular weight is 370 g/mol.